The molecular weight excluding hydrogens is 153 g/mol. The summed E-state index contributed by atoms with van der Waals surface area (Å²) >= 11 is 0. The van der Waals surface area contributed by atoms with Crippen LogP contribution in [0, 0.1) is 12.7 Å². The number of hydrogen-bond donors (Lipinski definition) is 1. The molecule has 1 aromatic carbocycles. The number of hydrogen-bond acceptors (Lipinski definition) is 1. The monoisotopic (exact) mass is 165 g/mol. The molecular formula is C10H12FN. The number of aryl methyl sites for hydroxylation is 1. The minimum atomic E-state index is -0.277. The van der Waals surface area contributed by atoms with Gasteiger partial charge in [-0.25, -0.2) is 4.39 Å². The molecule has 1 aromatic rings. The van der Waals surface area contributed by atoms with Gasteiger partial charge in [-0.05, 0) is 30.2 Å². The number of halogens is 1. The average molecular weight is 165 g/mol. The number of rotatable bonds is 2. The van der Waals surface area contributed by atoms with E-state index >= 15 is 0 Å². The van der Waals surface area contributed by atoms with Crippen molar-refractivity contribution in [3.63, 3.8) is 0 Å². The zero-order valence-electron chi connectivity index (χ0n) is 7.05. The van der Waals surface area contributed by atoms with Gasteiger partial charge in [-0.2, -0.15) is 0 Å². The van der Waals surface area contributed by atoms with Crippen LogP contribution in [0.25, 0.3) is 0 Å². The van der Waals surface area contributed by atoms with E-state index in [-0.39, 0.29) is 11.9 Å². The van der Waals surface area contributed by atoms with Crippen molar-refractivity contribution in [3.05, 3.63) is 47.8 Å². The molecule has 2 N–H and O–H groups in total. The van der Waals surface area contributed by atoms with Gasteiger partial charge in [-0.1, -0.05) is 12.1 Å². The minimum absolute atomic E-state index is 0.257. The molecule has 0 heterocycles. The molecule has 0 fully saturated rings. The molecule has 1 nitrogen and oxygen atoms in total. The van der Waals surface area contributed by atoms with E-state index in [0.29, 0.717) is 0 Å². The fraction of sp³-hybridized carbons (Fsp3) is 0.200. The van der Waals surface area contributed by atoms with E-state index < -0.39 is 0 Å². The summed E-state index contributed by atoms with van der Waals surface area (Å²) < 4.78 is 12.8. The first-order chi connectivity index (χ1) is 5.65. The van der Waals surface area contributed by atoms with Crippen molar-refractivity contribution in [2.24, 2.45) is 5.73 Å². The van der Waals surface area contributed by atoms with E-state index in [4.69, 9.17) is 5.73 Å². The highest BCUT2D eigenvalue weighted by Crippen LogP contribution is 2.17. The highest BCUT2D eigenvalue weighted by Gasteiger charge is 2.05. The van der Waals surface area contributed by atoms with Crippen molar-refractivity contribution in [3.8, 4) is 0 Å². The van der Waals surface area contributed by atoms with Crippen LogP contribution in [0.15, 0.2) is 30.9 Å². The fourth-order valence-corrected chi connectivity index (χ4v) is 1.10. The van der Waals surface area contributed by atoms with Gasteiger partial charge in [0.2, 0.25) is 0 Å². The molecule has 1 atom stereocenters. The molecule has 0 aliphatic heterocycles. The molecule has 0 radical (unpaired) electrons. The van der Waals surface area contributed by atoms with Gasteiger partial charge in [0.15, 0.2) is 0 Å². The zero-order chi connectivity index (χ0) is 9.14. The van der Waals surface area contributed by atoms with Gasteiger partial charge in [0, 0.05) is 6.04 Å². The Morgan fingerprint density at radius 1 is 1.58 bits per heavy atom. The first kappa shape index (κ1) is 8.94. The van der Waals surface area contributed by atoms with E-state index in [2.05, 4.69) is 6.58 Å². The maximum Gasteiger partial charge on any atom is 0.123 e. The third kappa shape index (κ3) is 1.71. The summed E-state index contributed by atoms with van der Waals surface area (Å²) in [6.45, 7) is 5.46. The van der Waals surface area contributed by atoms with Crippen molar-refractivity contribution in [2.75, 3.05) is 0 Å². The summed E-state index contributed by atoms with van der Waals surface area (Å²) in [6.07, 6.45) is 1.60. The Balaban J connectivity index is 3.12. The second-order valence-electron chi connectivity index (χ2n) is 2.76. The molecule has 0 saturated heterocycles. The molecule has 64 valence electrons. The topological polar surface area (TPSA) is 26.0 Å². The van der Waals surface area contributed by atoms with Crippen LogP contribution in [0.3, 0.4) is 0 Å². The quantitative estimate of drug-likeness (QED) is 0.669. The zero-order valence-corrected chi connectivity index (χ0v) is 7.05. The summed E-state index contributed by atoms with van der Waals surface area (Å²) in [7, 11) is 0. The Morgan fingerprint density at radius 3 is 2.83 bits per heavy atom. The smallest absolute Gasteiger partial charge is 0.123 e. The second-order valence-corrected chi connectivity index (χ2v) is 2.76. The Labute approximate surface area is 71.7 Å². The normalized spacial score (nSPS) is 12.6. The molecule has 0 bridgehead atoms. The highest BCUT2D eigenvalue weighted by molar-refractivity contribution is 5.31. The molecule has 0 aromatic heterocycles. The SMILES string of the molecule is C=CC(N)c1cc(F)ccc1C. The first-order valence-corrected chi connectivity index (χ1v) is 3.79. The van der Waals surface area contributed by atoms with Crippen LogP contribution in [0.4, 0.5) is 4.39 Å². The molecule has 0 aliphatic carbocycles. The predicted octanol–water partition coefficient (Wildman–Crippen LogP) is 2.32. The molecule has 2 heteroatoms. The van der Waals surface area contributed by atoms with Gasteiger partial charge in [0.1, 0.15) is 5.82 Å². The Morgan fingerprint density at radius 2 is 2.25 bits per heavy atom. The summed E-state index contributed by atoms with van der Waals surface area (Å²) in [5.41, 5.74) is 7.47. The van der Waals surface area contributed by atoms with Gasteiger partial charge >= 0.3 is 0 Å². The third-order valence-electron chi connectivity index (χ3n) is 1.85. The molecule has 0 amide bonds. The van der Waals surface area contributed by atoms with Gasteiger partial charge in [0.05, 0.1) is 0 Å². The molecule has 1 rings (SSSR count). The van der Waals surface area contributed by atoms with E-state index in [0.717, 1.165) is 11.1 Å². The predicted molar refractivity (Wildman–Crippen MR) is 48.3 cm³/mol. The van der Waals surface area contributed by atoms with E-state index in [1.165, 1.54) is 12.1 Å². The van der Waals surface area contributed by atoms with Crippen LogP contribution in [-0.2, 0) is 0 Å². The Hall–Kier alpha value is -1.15. The summed E-state index contributed by atoms with van der Waals surface area (Å²) in [5.74, 6) is -0.257. The van der Waals surface area contributed by atoms with Crippen LogP contribution in [-0.4, -0.2) is 0 Å². The van der Waals surface area contributed by atoms with Crippen LogP contribution in [0.1, 0.15) is 17.2 Å². The number of benzene rings is 1. The van der Waals surface area contributed by atoms with Crippen molar-refractivity contribution in [2.45, 2.75) is 13.0 Å². The largest absolute Gasteiger partial charge is 0.321 e. The summed E-state index contributed by atoms with van der Waals surface area (Å²) in [5, 5.41) is 0. The average Bonchev–Trinajstić information content (AvgIpc) is 2.08. The van der Waals surface area contributed by atoms with Crippen LogP contribution >= 0.6 is 0 Å². The molecule has 0 aliphatic rings. The summed E-state index contributed by atoms with van der Waals surface area (Å²) in [4.78, 5) is 0. The first-order valence-electron chi connectivity index (χ1n) is 3.79. The van der Waals surface area contributed by atoms with Crippen molar-refractivity contribution >= 4 is 0 Å². The van der Waals surface area contributed by atoms with Crippen LogP contribution < -0.4 is 5.73 Å². The maximum atomic E-state index is 12.8. The molecule has 1 unspecified atom stereocenters. The van der Waals surface area contributed by atoms with E-state index in [1.54, 1.807) is 12.1 Å². The third-order valence-corrected chi connectivity index (χ3v) is 1.85. The standard InChI is InChI=1S/C10H12FN/c1-3-10(12)9-6-8(11)5-4-7(9)2/h3-6,10H,1,12H2,2H3. The summed E-state index contributed by atoms with van der Waals surface area (Å²) in [6, 6.07) is 4.31. The lowest BCUT2D eigenvalue weighted by Gasteiger charge is -2.09. The van der Waals surface area contributed by atoms with E-state index in [1.807, 2.05) is 6.92 Å². The van der Waals surface area contributed by atoms with Crippen LogP contribution in [0.5, 0.6) is 0 Å². The molecule has 0 spiro atoms. The lowest BCUT2D eigenvalue weighted by molar-refractivity contribution is 0.623. The van der Waals surface area contributed by atoms with Crippen molar-refractivity contribution in [1.82, 2.24) is 0 Å². The van der Waals surface area contributed by atoms with Gasteiger partial charge in [-0.3, -0.25) is 0 Å². The molecule has 0 saturated carbocycles. The second kappa shape index (κ2) is 3.50. The minimum Gasteiger partial charge on any atom is -0.321 e. The Bertz CT molecular complexity index is 294. The molecule has 12 heavy (non-hydrogen) atoms. The fourth-order valence-electron chi connectivity index (χ4n) is 1.10. The Kier molecular flexibility index (Phi) is 2.61. The highest BCUT2D eigenvalue weighted by atomic mass is 19.1. The van der Waals surface area contributed by atoms with Crippen molar-refractivity contribution in [1.29, 1.82) is 0 Å². The maximum absolute atomic E-state index is 12.8. The van der Waals surface area contributed by atoms with Crippen LogP contribution in [0.2, 0.25) is 0 Å². The lowest BCUT2D eigenvalue weighted by Crippen LogP contribution is -2.08. The van der Waals surface area contributed by atoms with Gasteiger partial charge in [-0.15, -0.1) is 6.58 Å². The van der Waals surface area contributed by atoms with E-state index in [9.17, 15) is 4.39 Å². The lowest BCUT2D eigenvalue weighted by atomic mass is 10.0. The van der Waals surface area contributed by atoms with Gasteiger partial charge < -0.3 is 5.73 Å². The van der Waals surface area contributed by atoms with Crippen molar-refractivity contribution < 1.29 is 4.39 Å². The van der Waals surface area contributed by atoms with Gasteiger partial charge in [0.25, 0.3) is 0 Å². The number of nitrogens with two attached hydrogens (primary N) is 1.